The summed E-state index contributed by atoms with van der Waals surface area (Å²) in [7, 11) is 0. The van der Waals surface area contributed by atoms with Gasteiger partial charge in [0.2, 0.25) is 0 Å². The van der Waals surface area contributed by atoms with Crippen LogP contribution in [-0.2, 0) is 25.7 Å². The highest BCUT2D eigenvalue weighted by Gasteiger charge is 2.24. The van der Waals surface area contributed by atoms with Crippen LogP contribution in [0.1, 0.15) is 255 Å². The third kappa shape index (κ3) is 16.9. The van der Waals surface area contributed by atoms with E-state index in [1.807, 2.05) is 0 Å². The molecule has 6 rings (SSSR count). The van der Waals surface area contributed by atoms with Crippen molar-refractivity contribution in [1.82, 2.24) is 0 Å². The Hall–Kier alpha value is -3.26. The zero-order valence-electron chi connectivity index (χ0n) is 45.5. The maximum atomic E-state index is 7.64. The second-order valence-electron chi connectivity index (χ2n) is 21.6. The van der Waals surface area contributed by atoms with Gasteiger partial charge in [0.1, 0.15) is 0 Å². The van der Waals surface area contributed by atoms with Crippen molar-refractivity contribution < 1.29 is 4.74 Å². The molecule has 0 radical (unpaired) electrons. The van der Waals surface area contributed by atoms with Crippen molar-refractivity contribution in [2.75, 3.05) is 0 Å². The molecular weight excluding hydrogens is 904 g/mol. The van der Waals surface area contributed by atoms with Crippen LogP contribution < -0.4 is 4.74 Å². The summed E-state index contributed by atoms with van der Waals surface area (Å²) in [6, 6.07) is 27.4. The Balaban J connectivity index is 1.44. The smallest absolute Gasteiger partial charge is 0.154 e. The van der Waals surface area contributed by atoms with E-state index < -0.39 is 0 Å². The fourth-order valence-corrected chi connectivity index (χ4v) is 12.3. The minimum atomic E-state index is 0.667. The molecular formula is C68H96Cl2O. The Morgan fingerprint density at radius 1 is 0.268 bits per heavy atom. The fourth-order valence-electron chi connectivity index (χ4n) is 11.9. The first-order chi connectivity index (χ1) is 35.0. The lowest BCUT2D eigenvalue weighted by atomic mass is 9.86. The van der Waals surface area contributed by atoms with Crippen LogP contribution in [0.15, 0.2) is 72.8 Å². The standard InChI is InChI=1S/C68H96Cl2O/c1-5-9-13-17-21-25-29-33-41-57-53-43-37-39-45-55(53)59(47-35-31-27-23-19-15-11-7-3)65-61(57)49-51-63(69)67(65)71-68-64(70)52-50-62-58(42-34-30-26-22-18-14-10-6-2)54-44-38-40-46-56(54)60(66(62)68)48-36-32-28-24-20-16-12-8-4/h37-40,43-46,49-52H,5-36,41-42,47-48H2,1-4H3. The molecule has 0 saturated carbocycles. The van der Waals surface area contributed by atoms with Crippen LogP contribution in [0.4, 0.5) is 0 Å². The highest BCUT2D eigenvalue weighted by atomic mass is 35.5. The highest BCUT2D eigenvalue weighted by Crippen LogP contribution is 2.49. The van der Waals surface area contributed by atoms with E-state index in [0.29, 0.717) is 10.0 Å². The van der Waals surface area contributed by atoms with Gasteiger partial charge in [-0.05, 0) is 118 Å². The second kappa shape index (κ2) is 32.8. The van der Waals surface area contributed by atoms with Crippen LogP contribution >= 0.6 is 23.2 Å². The molecule has 6 aromatic carbocycles. The first-order valence-corrected chi connectivity index (χ1v) is 30.8. The average Bonchev–Trinajstić information content (AvgIpc) is 3.39. The molecule has 0 amide bonds. The maximum absolute atomic E-state index is 7.64. The summed E-state index contributed by atoms with van der Waals surface area (Å²) in [6.45, 7) is 9.23. The number of benzene rings is 6. The van der Waals surface area contributed by atoms with Gasteiger partial charge >= 0.3 is 0 Å². The third-order valence-corrected chi connectivity index (χ3v) is 16.5. The summed E-state index contributed by atoms with van der Waals surface area (Å²) in [5.41, 5.74) is 5.66. The molecule has 0 saturated heterocycles. The molecule has 6 aromatic rings. The molecule has 0 aliphatic rings. The third-order valence-electron chi connectivity index (χ3n) is 16.0. The summed E-state index contributed by atoms with van der Waals surface area (Å²) < 4.78 is 7.64. The molecule has 0 N–H and O–H groups in total. The molecule has 0 aromatic heterocycles. The van der Waals surface area contributed by atoms with Gasteiger partial charge in [0.05, 0.1) is 10.0 Å². The van der Waals surface area contributed by atoms with E-state index in [9.17, 15) is 0 Å². The molecule has 0 spiro atoms. The van der Waals surface area contributed by atoms with Crippen LogP contribution in [0.3, 0.4) is 0 Å². The van der Waals surface area contributed by atoms with E-state index in [1.54, 1.807) is 0 Å². The predicted molar refractivity (Wildman–Crippen MR) is 318 cm³/mol. The van der Waals surface area contributed by atoms with Crippen molar-refractivity contribution in [3.05, 3.63) is 105 Å². The molecule has 3 heteroatoms. The van der Waals surface area contributed by atoms with Crippen molar-refractivity contribution in [2.45, 2.75) is 259 Å². The molecule has 71 heavy (non-hydrogen) atoms. The lowest BCUT2D eigenvalue weighted by molar-refractivity contribution is 0.493. The number of halogens is 2. The molecule has 0 unspecified atom stereocenters. The van der Waals surface area contributed by atoms with Gasteiger partial charge in [-0.3, -0.25) is 0 Å². The number of hydrogen-bond donors (Lipinski definition) is 0. The summed E-state index contributed by atoms with van der Waals surface area (Å²) in [5.74, 6) is 1.57. The first kappa shape index (κ1) is 57.0. The van der Waals surface area contributed by atoms with Crippen molar-refractivity contribution >= 4 is 66.3 Å². The number of aryl methyl sites for hydroxylation is 4. The zero-order chi connectivity index (χ0) is 49.9. The SMILES string of the molecule is CCCCCCCCCCc1c2ccccc2c(CCCCCCCCCC)c2c(Oc3c(Cl)ccc4c(CCCCCCCCCC)c5ccccc5c(CCCCCCCCCC)c34)c(Cl)ccc12. The molecule has 1 nitrogen and oxygen atoms in total. The molecule has 388 valence electrons. The van der Waals surface area contributed by atoms with Crippen LogP contribution in [0.2, 0.25) is 10.0 Å². The van der Waals surface area contributed by atoms with Crippen LogP contribution in [0.5, 0.6) is 11.5 Å². The van der Waals surface area contributed by atoms with Crippen molar-refractivity contribution in [2.24, 2.45) is 0 Å². The molecule has 0 heterocycles. The monoisotopic (exact) mass is 999 g/mol. The number of fused-ring (bicyclic) bond motifs is 4. The minimum Gasteiger partial charge on any atom is -0.453 e. The van der Waals surface area contributed by atoms with Gasteiger partial charge in [-0.25, -0.2) is 0 Å². The van der Waals surface area contributed by atoms with Gasteiger partial charge in [-0.15, -0.1) is 0 Å². The summed E-state index contributed by atoms with van der Waals surface area (Å²) in [4.78, 5) is 0. The number of ether oxygens (including phenoxy) is 1. The first-order valence-electron chi connectivity index (χ1n) is 30.0. The van der Waals surface area contributed by atoms with E-state index in [1.165, 1.54) is 258 Å². The summed E-state index contributed by atoms with van der Waals surface area (Å²) >= 11 is 15.1. The molecule has 0 aliphatic heterocycles. The Labute approximate surface area is 444 Å². The average molecular weight is 1000 g/mol. The van der Waals surface area contributed by atoms with Crippen molar-refractivity contribution in [3.8, 4) is 11.5 Å². The quantitative estimate of drug-likeness (QED) is 0.0277. The highest BCUT2D eigenvalue weighted by molar-refractivity contribution is 6.35. The van der Waals surface area contributed by atoms with Crippen molar-refractivity contribution in [3.63, 3.8) is 0 Å². The van der Waals surface area contributed by atoms with Crippen LogP contribution in [0, 0.1) is 0 Å². The normalized spacial score (nSPS) is 11.9. The van der Waals surface area contributed by atoms with Crippen LogP contribution in [0.25, 0.3) is 43.1 Å². The summed E-state index contributed by atoms with van der Waals surface area (Å²) in [5, 5.41) is 11.9. The molecule has 0 aliphatic carbocycles. The molecule has 0 fully saturated rings. The van der Waals surface area contributed by atoms with E-state index in [4.69, 9.17) is 27.9 Å². The van der Waals surface area contributed by atoms with E-state index in [-0.39, 0.29) is 0 Å². The number of hydrogen-bond acceptors (Lipinski definition) is 1. The number of unbranched alkanes of at least 4 members (excludes halogenated alkanes) is 28. The Bertz CT molecular complexity index is 2290. The van der Waals surface area contributed by atoms with Gasteiger partial charge in [-0.2, -0.15) is 0 Å². The van der Waals surface area contributed by atoms with E-state index in [2.05, 4.69) is 100 Å². The largest absolute Gasteiger partial charge is 0.453 e. The van der Waals surface area contributed by atoms with Crippen molar-refractivity contribution in [1.29, 1.82) is 0 Å². The van der Waals surface area contributed by atoms with Gasteiger partial charge < -0.3 is 4.74 Å². The summed E-state index contributed by atoms with van der Waals surface area (Å²) in [6.07, 6.45) is 45.9. The lowest BCUT2D eigenvalue weighted by Crippen LogP contribution is -2.02. The minimum absolute atomic E-state index is 0.667. The van der Waals surface area contributed by atoms with Crippen LogP contribution in [-0.4, -0.2) is 0 Å². The molecule has 0 bridgehead atoms. The second-order valence-corrected chi connectivity index (χ2v) is 22.4. The number of rotatable bonds is 38. The van der Waals surface area contributed by atoms with E-state index >= 15 is 0 Å². The molecule has 0 atom stereocenters. The predicted octanol–water partition coefficient (Wildman–Crippen LogP) is 24.1. The topological polar surface area (TPSA) is 9.23 Å². The Morgan fingerprint density at radius 2 is 0.507 bits per heavy atom. The Morgan fingerprint density at radius 3 is 0.789 bits per heavy atom. The zero-order valence-corrected chi connectivity index (χ0v) is 47.1. The van der Waals surface area contributed by atoms with Gasteiger partial charge in [0, 0.05) is 10.8 Å². The maximum Gasteiger partial charge on any atom is 0.154 e. The van der Waals surface area contributed by atoms with E-state index in [0.717, 1.165) is 50.0 Å². The Kier molecular flexibility index (Phi) is 26.4. The lowest BCUT2D eigenvalue weighted by Gasteiger charge is -2.23. The fraction of sp³-hybridized carbons (Fsp3) is 0.588. The van der Waals surface area contributed by atoms with Gasteiger partial charge in [-0.1, -0.05) is 291 Å². The van der Waals surface area contributed by atoms with Gasteiger partial charge in [0.15, 0.2) is 11.5 Å². The van der Waals surface area contributed by atoms with Gasteiger partial charge in [0.25, 0.3) is 0 Å².